The van der Waals surface area contributed by atoms with E-state index in [1.54, 1.807) is 24.3 Å². The molecule has 0 bridgehead atoms. The number of rotatable bonds is 6. The fourth-order valence-corrected chi connectivity index (χ4v) is 1.70. The average molecular weight is 302 g/mol. The van der Waals surface area contributed by atoms with Crippen LogP contribution in [0, 0.1) is 0 Å². The molecule has 0 amide bonds. The van der Waals surface area contributed by atoms with Gasteiger partial charge in [-0.25, -0.2) is 9.59 Å². The SMILES string of the molecule is COc1ccccc1OCC(=O)Oc1ccc(C(=O)O)cc1. The monoisotopic (exact) mass is 302 g/mol. The lowest BCUT2D eigenvalue weighted by Gasteiger charge is -2.10. The summed E-state index contributed by atoms with van der Waals surface area (Å²) >= 11 is 0. The predicted molar refractivity (Wildman–Crippen MR) is 77.5 cm³/mol. The number of aromatic carboxylic acids is 1. The van der Waals surface area contributed by atoms with Gasteiger partial charge in [0, 0.05) is 0 Å². The van der Waals surface area contributed by atoms with Gasteiger partial charge in [0.2, 0.25) is 0 Å². The topological polar surface area (TPSA) is 82.1 Å². The molecule has 1 N–H and O–H groups in total. The number of carboxylic acids is 1. The van der Waals surface area contributed by atoms with Crippen molar-refractivity contribution in [1.82, 2.24) is 0 Å². The molecule has 0 spiro atoms. The van der Waals surface area contributed by atoms with Crippen LogP contribution in [0.3, 0.4) is 0 Å². The van der Waals surface area contributed by atoms with Crippen molar-refractivity contribution in [3.63, 3.8) is 0 Å². The molecule has 0 radical (unpaired) electrons. The quantitative estimate of drug-likeness (QED) is 0.651. The molecular formula is C16H14O6. The third kappa shape index (κ3) is 3.99. The van der Waals surface area contributed by atoms with Gasteiger partial charge in [0.15, 0.2) is 18.1 Å². The zero-order chi connectivity index (χ0) is 15.9. The molecule has 114 valence electrons. The number of hydrogen-bond acceptors (Lipinski definition) is 5. The maximum atomic E-state index is 11.7. The molecule has 22 heavy (non-hydrogen) atoms. The number of carbonyl (C=O) groups excluding carboxylic acids is 1. The number of para-hydroxylation sites is 2. The number of hydrogen-bond donors (Lipinski definition) is 1. The van der Waals surface area contributed by atoms with Gasteiger partial charge < -0.3 is 19.3 Å². The van der Waals surface area contributed by atoms with E-state index in [9.17, 15) is 9.59 Å². The van der Waals surface area contributed by atoms with Crippen LogP contribution < -0.4 is 14.2 Å². The van der Waals surface area contributed by atoms with Crippen molar-refractivity contribution in [2.45, 2.75) is 0 Å². The van der Waals surface area contributed by atoms with Crippen molar-refractivity contribution in [3.05, 3.63) is 54.1 Å². The molecule has 0 heterocycles. The van der Waals surface area contributed by atoms with Crippen molar-refractivity contribution in [2.75, 3.05) is 13.7 Å². The summed E-state index contributed by atoms with van der Waals surface area (Å²) in [5.74, 6) is -0.450. The molecule has 2 aromatic carbocycles. The molecule has 0 aliphatic heterocycles. The minimum atomic E-state index is -1.04. The maximum absolute atomic E-state index is 11.7. The summed E-state index contributed by atoms with van der Waals surface area (Å²) in [6, 6.07) is 12.5. The van der Waals surface area contributed by atoms with E-state index in [0.717, 1.165) is 0 Å². The van der Waals surface area contributed by atoms with Gasteiger partial charge in [0.1, 0.15) is 5.75 Å². The Hall–Kier alpha value is -3.02. The lowest BCUT2D eigenvalue weighted by molar-refractivity contribution is -0.136. The van der Waals surface area contributed by atoms with Crippen molar-refractivity contribution >= 4 is 11.9 Å². The fraction of sp³-hybridized carbons (Fsp3) is 0.125. The Kier molecular flexibility index (Phi) is 4.98. The Morgan fingerprint density at radius 1 is 1.00 bits per heavy atom. The molecule has 0 saturated heterocycles. The van der Waals surface area contributed by atoms with Gasteiger partial charge in [0.25, 0.3) is 0 Å². The van der Waals surface area contributed by atoms with Gasteiger partial charge in [-0.2, -0.15) is 0 Å². The van der Waals surface area contributed by atoms with Gasteiger partial charge in [-0.3, -0.25) is 0 Å². The molecule has 0 saturated carbocycles. The normalized spacial score (nSPS) is 9.86. The van der Waals surface area contributed by atoms with Crippen LogP contribution in [0.15, 0.2) is 48.5 Å². The molecule has 0 aliphatic carbocycles. The van der Waals surface area contributed by atoms with E-state index in [-0.39, 0.29) is 17.9 Å². The average Bonchev–Trinajstić information content (AvgIpc) is 2.53. The van der Waals surface area contributed by atoms with Gasteiger partial charge >= 0.3 is 11.9 Å². The van der Waals surface area contributed by atoms with E-state index in [2.05, 4.69) is 0 Å². The number of methoxy groups -OCH3 is 1. The van der Waals surface area contributed by atoms with E-state index in [1.165, 1.54) is 31.4 Å². The van der Waals surface area contributed by atoms with Crippen LogP contribution in [-0.2, 0) is 4.79 Å². The molecule has 6 heteroatoms. The highest BCUT2D eigenvalue weighted by Gasteiger charge is 2.10. The van der Waals surface area contributed by atoms with Crippen molar-refractivity contribution in [3.8, 4) is 17.2 Å². The maximum Gasteiger partial charge on any atom is 0.349 e. The fourth-order valence-electron chi connectivity index (χ4n) is 1.70. The van der Waals surface area contributed by atoms with Crippen molar-refractivity contribution in [2.24, 2.45) is 0 Å². The highest BCUT2D eigenvalue weighted by molar-refractivity contribution is 5.87. The van der Waals surface area contributed by atoms with Crippen LogP contribution in [0.1, 0.15) is 10.4 Å². The largest absolute Gasteiger partial charge is 0.493 e. The Morgan fingerprint density at radius 3 is 2.23 bits per heavy atom. The molecule has 0 aliphatic rings. The van der Waals surface area contributed by atoms with Crippen LogP contribution in [0.25, 0.3) is 0 Å². The summed E-state index contributed by atoms with van der Waals surface area (Å²) in [5, 5.41) is 8.78. The van der Waals surface area contributed by atoms with E-state index in [4.69, 9.17) is 19.3 Å². The summed E-state index contributed by atoms with van der Waals surface area (Å²) < 4.78 is 15.5. The smallest absolute Gasteiger partial charge is 0.349 e. The number of carboxylic acid groups (broad SMARTS) is 1. The summed E-state index contributed by atoms with van der Waals surface area (Å²) in [4.78, 5) is 22.4. The number of esters is 1. The van der Waals surface area contributed by atoms with Crippen LogP contribution in [0.5, 0.6) is 17.2 Å². The van der Waals surface area contributed by atoms with Crippen molar-refractivity contribution in [1.29, 1.82) is 0 Å². The van der Waals surface area contributed by atoms with Gasteiger partial charge in [-0.05, 0) is 36.4 Å². The second kappa shape index (κ2) is 7.12. The van der Waals surface area contributed by atoms with E-state index < -0.39 is 11.9 Å². The molecule has 2 aromatic rings. The first kappa shape index (κ1) is 15.4. The molecule has 6 nitrogen and oxygen atoms in total. The first-order valence-corrected chi connectivity index (χ1v) is 6.40. The molecule has 0 fully saturated rings. The molecular weight excluding hydrogens is 288 g/mol. The predicted octanol–water partition coefficient (Wildman–Crippen LogP) is 2.38. The van der Waals surface area contributed by atoms with Crippen LogP contribution in [0.4, 0.5) is 0 Å². The third-order valence-corrected chi connectivity index (χ3v) is 2.75. The molecule has 2 rings (SSSR count). The van der Waals surface area contributed by atoms with Crippen molar-refractivity contribution < 1.29 is 28.9 Å². The Labute approximate surface area is 126 Å². The van der Waals surface area contributed by atoms with E-state index in [0.29, 0.717) is 11.5 Å². The Bertz CT molecular complexity index is 663. The van der Waals surface area contributed by atoms with Crippen LogP contribution in [-0.4, -0.2) is 30.8 Å². The summed E-state index contributed by atoms with van der Waals surface area (Å²) in [6.07, 6.45) is 0. The van der Waals surface area contributed by atoms with Gasteiger partial charge in [-0.15, -0.1) is 0 Å². The number of ether oxygens (including phenoxy) is 3. The van der Waals surface area contributed by atoms with E-state index in [1.807, 2.05) is 0 Å². The molecule has 0 aromatic heterocycles. The number of benzene rings is 2. The second-order valence-electron chi connectivity index (χ2n) is 4.24. The number of carbonyl (C=O) groups is 2. The molecule has 0 unspecified atom stereocenters. The standard InChI is InChI=1S/C16H14O6/c1-20-13-4-2-3-5-14(13)21-10-15(17)22-12-8-6-11(7-9-12)16(18)19/h2-9H,10H2,1H3,(H,18,19). The lowest BCUT2D eigenvalue weighted by Crippen LogP contribution is -2.18. The second-order valence-corrected chi connectivity index (χ2v) is 4.24. The van der Waals surface area contributed by atoms with E-state index >= 15 is 0 Å². The van der Waals surface area contributed by atoms with Crippen LogP contribution in [0.2, 0.25) is 0 Å². The van der Waals surface area contributed by atoms with Gasteiger partial charge in [0.05, 0.1) is 12.7 Å². The highest BCUT2D eigenvalue weighted by Crippen LogP contribution is 2.25. The summed E-state index contributed by atoms with van der Waals surface area (Å²) in [5.41, 5.74) is 0.116. The first-order valence-electron chi connectivity index (χ1n) is 6.40. The highest BCUT2D eigenvalue weighted by atomic mass is 16.6. The summed E-state index contributed by atoms with van der Waals surface area (Å²) in [6.45, 7) is -0.291. The molecule has 0 atom stereocenters. The zero-order valence-corrected chi connectivity index (χ0v) is 11.8. The Morgan fingerprint density at radius 2 is 1.64 bits per heavy atom. The minimum Gasteiger partial charge on any atom is -0.493 e. The minimum absolute atomic E-state index is 0.116. The third-order valence-electron chi connectivity index (χ3n) is 2.75. The van der Waals surface area contributed by atoms with Gasteiger partial charge in [-0.1, -0.05) is 12.1 Å². The Balaban J connectivity index is 1.91. The first-order chi connectivity index (χ1) is 10.6. The van der Waals surface area contributed by atoms with Crippen LogP contribution >= 0.6 is 0 Å². The lowest BCUT2D eigenvalue weighted by atomic mass is 10.2. The summed E-state index contributed by atoms with van der Waals surface area (Å²) in [7, 11) is 1.50. The zero-order valence-electron chi connectivity index (χ0n) is 11.8.